The first-order valence-corrected chi connectivity index (χ1v) is 7.86. The molecule has 1 rings (SSSR count). The summed E-state index contributed by atoms with van der Waals surface area (Å²) in [7, 11) is -3.12. The highest BCUT2D eigenvalue weighted by atomic mass is 35.5. The van der Waals surface area contributed by atoms with Crippen LogP contribution in [0.15, 0.2) is 0 Å². The quantitative estimate of drug-likeness (QED) is 0.539. The summed E-state index contributed by atoms with van der Waals surface area (Å²) >= 11 is 5.76. The van der Waals surface area contributed by atoms with Gasteiger partial charge in [0.25, 0.3) is 0 Å². The van der Waals surface area contributed by atoms with Crippen LogP contribution in [0, 0.1) is 5.92 Å². The Morgan fingerprint density at radius 3 is 2.50 bits per heavy atom. The van der Waals surface area contributed by atoms with Gasteiger partial charge in [0, 0.05) is 25.6 Å². The molecule has 96 valence electrons. The van der Waals surface area contributed by atoms with E-state index in [1.807, 2.05) is 6.92 Å². The van der Waals surface area contributed by atoms with Gasteiger partial charge in [-0.25, -0.2) is 12.7 Å². The minimum absolute atomic E-state index is 0.0897. The third kappa shape index (κ3) is 4.20. The third-order valence-corrected chi connectivity index (χ3v) is 5.15. The van der Waals surface area contributed by atoms with Crippen molar-refractivity contribution in [2.24, 2.45) is 5.92 Å². The molecule has 1 fully saturated rings. The molecule has 0 saturated carbocycles. The van der Waals surface area contributed by atoms with Crippen LogP contribution in [0.25, 0.3) is 0 Å². The second-order valence-corrected chi connectivity index (χ2v) is 6.41. The first-order chi connectivity index (χ1) is 7.60. The molecule has 0 aromatic carbocycles. The van der Waals surface area contributed by atoms with Gasteiger partial charge in [-0.3, -0.25) is 0 Å². The molecule has 0 aromatic heterocycles. The molecule has 0 N–H and O–H groups in total. The molecular formula is C10H20ClNO3S. The largest absolute Gasteiger partial charge is 0.381 e. The minimum atomic E-state index is -3.12. The first kappa shape index (κ1) is 14.2. The van der Waals surface area contributed by atoms with Crippen molar-refractivity contribution in [2.45, 2.75) is 19.8 Å². The molecule has 1 heterocycles. The number of nitrogens with zero attached hydrogens (tertiary/aromatic N) is 1. The fourth-order valence-electron chi connectivity index (χ4n) is 1.78. The van der Waals surface area contributed by atoms with Gasteiger partial charge in [-0.2, -0.15) is 0 Å². The highest BCUT2D eigenvalue weighted by molar-refractivity contribution is 7.89. The molecule has 0 atom stereocenters. The molecule has 1 saturated heterocycles. The predicted octanol–water partition coefficient (Wildman–Crippen LogP) is 1.30. The summed E-state index contributed by atoms with van der Waals surface area (Å²) in [6.45, 7) is 3.91. The second-order valence-electron chi connectivity index (χ2n) is 4.01. The number of hydrogen-bond donors (Lipinski definition) is 0. The third-order valence-electron chi connectivity index (χ3n) is 2.87. The van der Waals surface area contributed by atoms with Crippen LogP contribution in [0.3, 0.4) is 0 Å². The van der Waals surface area contributed by atoms with E-state index in [0.717, 1.165) is 12.8 Å². The topological polar surface area (TPSA) is 46.6 Å². The van der Waals surface area contributed by atoms with Crippen LogP contribution in [0.5, 0.6) is 0 Å². The number of alkyl halides is 1. The molecule has 0 aliphatic carbocycles. The van der Waals surface area contributed by atoms with E-state index in [9.17, 15) is 8.42 Å². The molecule has 0 bridgehead atoms. The van der Waals surface area contributed by atoms with Gasteiger partial charge in [0.2, 0.25) is 10.0 Å². The van der Waals surface area contributed by atoms with E-state index in [4.69, 9.17) is 16.3 Å². The smallest absolute Gasteiger partial charge is 0.216 e. The van der Waals surface area contributed by atoms with Crippen LogP contribution in [0.1, 0.15) is 19.8 Å². The number of rotatable bonds is 6. The minimum Gasteiger partial charge on any atom is -0.381 e. The van der Waals surface area contributed by atoms with Gasteiger partial charge in [-0.05, 0) is 25.7 Å². The van der Waals surface area contributed by atoms with Gasteiger partial charge in [-0.1, -0.05) is 0 Å². The van der Waals surface area contributed by atoms with Crippen molar-refractivity contribution in [1.29, 1.82) is 0 Å². The molecule has 0 amide bonds. The lowest BCUT2D eigenvalue weighted by atomic mass is 10.0. The summed E-state index contributed by atoms with van der Waals surface area (Å²) in [4.78, 5) is 0. The summed E-state index contributed by atoms with van der Waals surface area (Å²) in [6, 6.07) is 0. The number of hydrogen-bond acceptors (Lipinski definition) is 3. The fourth-order valence-corrected chi connectivity index (χ4v) is 3.44. The van der Waals surface area contributed by atoms with Crippen molar-refractivity contribution in [3.63, 3.8) is 0 Å². The number of ether oxygens (including phenoxy) is 1. The van der Waals surface area contributed by atoms with Crippen molar-refractivity contribution >= 4 is 21.6 Å². The average molecular weight is 270 g/mol. The highest BCUT2D eigenvalue weighted by Gasteiger charge is 2.27. The Labute approximate surface area is 103 Å². The first-order valence-electron chi connectivity index (χ1n) is 5.71. The zero-order chi connectivity index (χ0) is 12.0. The van der Waals surface area contributed by atoms with Crippen LogP contribution in [0.4, 0.5) is 0 Å². The lowest BCUT2D eigenvalue weighted by Crippen LogP contribution is -2.40. The van der Waals surface area contributed by atoms with Crippen LogP contribution in [-0.4, -0.2) is 50.7 Å². The van der Waals surface area contributed by atoms with Gasteiger partial charge in [0.1, 0.15) is 0 Å². The number of halogens is 1. The Balaban J connectivity index is 2.39. The molecule has 0 unspecified atom stereocenters. The Morgan fingerprint density at radius 1 is 1.38 bits per heavy atom. The lowest BCUT2D eigenvalue weighted by molar-refractivity contribution is 0.162. The maximum atomic E-state index is 11.9. The van der Waals surface area contributed by atoms with Gasteiger partial charge in [0.15, 0.2) is 0 Å². The predicted molar refractivity (Wildman–Crippen MR) is 65.3 cm³/mol. The second kappa shape index (κ2) is 6.79. The molecule has 4 nitrogen and oxygen atoms in total. The fraction of sp³-hybridized carbons (Fsp3) is 1.00. The molecular weight excluding hydrogens is 250 g/mol. The van der Waals surface area contributed by atoms with Crippen molar-refractivity contribution in [3.05, 3.63) is 0 Å². The molecule has 0 radical (unpaired) electrons. The standard InChI is InChI=1S/C10H20ClNO3S/c1-2-15-7-8-16(13,14)12-5-3-10(9-11)4-6-12/h10H,2-9H2,1H3. The van der Waals surface area contributed by atoms with Crippen LogP contribution in [-0.2, 0) is 14.8 Å². The summed E-state index contributed by atoms with van der Waals surface area (Å²) < 4.78 is 30.4. The van der Waals surface area contributed by atoms with E-state index in [0.29, 0.717) is 31.5 Å². The van der Waals surface area contributed by atoms with E-state index in [-0.39, 0.29) is 12.4 Å². The lowest BCUT2D eigenvalue weighted by Gasteiger charge is -2.30. The SMILES string of the molecule is CCOCCS(=O)(=O)N1CCC(CCl)CC1. The van der Waals surface area contributed by atoms with E-state index in [1.54, 1.807) is 4.31 Å². The monoisotopic (exact) mass is 269 g/mol. The Morgan fingerprint density at radius 2 is 2.00 bits per heavy atom. The average Bonchev–Trinajstić information content (AvgIpc) is 2.29. The molecule has 0 aromatic rings. The van der Waals surface area contributed by atoms with Crippen LogP contribution in [0.2, 0.25) is 0 Å². The van der Waals surface area contributed by atoms with Crippen LogP contribution < -0.4 is 0 Å². The molecule has 6 heteroatoms. The molecule has 1 aliphatic heterocycles. The highest BCUT2D eigenvalue weighted by Crippen LogP contribution is 2.20. The van der Waals surface area contributed by atoms with E-state index < -0.39 is 10.0 Å². The van der Waals surface area contributed by atoms with Crippen molar-refractivity contribution < 1.29 is 13.2 Å². The zero-order valence-corrected chi connectivity index (χ0v) is 11.3. The van der Waals surface area contributed by atoms with Crippen LogP contribution >= 0.6 is 11.6 Å². The van der Waals surface area contributed by atoms with Gasteiger partial charge < -0.3 is 4.74 Å². The number of piperidine rings is 1. The normalized spacial score (nSPS) is 20.1. The molecule has 1 aliphatic rings. The maximum absolute atomic E-state index is 11.9. The van der Waals surface area contributed by atoms with Crippen molar-refractivity contribution in [1.82, 2.24) is 4.31 Å². The van der Waals surface area contributed by atoms with E-state index in [1.165, 1.54) is 0 Å². The summed E-state index contributed by atoms with van der Waals surface area (Å²) in [5.41, 5.74) is 0. The summed E-state index contributed by atoms with van der Waals surface area (Å²) in [6.07, 6.45) is 1.74. The van der Waals surface area contributed by atoms with E-state index >= 15 is 0 Å². The van der Waals surface area contributed by atoms with E-state index in [2.05, 4.69) is 0 Å². The van der Waals surface area contributed by atoms with Gasteiger partial charge in [-0.15, -0.1) is 11.6 Å². The number of sulfonamides is 1. The Bertz CT molecular complexity index is 286. The maximum Gasteiger partial charge on any atom is 0.216 e. The van der Waals surface area contributed by atoms with Crippen molar-refractivity contribution in [2.75, 3.05) is 37.9 Å². The summed E-state index contributed by atoms with van der Waals surface area (Å²) in [5.74, 6) is 1.19. The zero-order valence-electron chi connectivity index (χ0n) is 9.69. The van der Waals surface area contributed by atoms with Crippen molar-refractivity contribution in [3.8, 4) is 0 Å². The molecule has 0 spiro atoms. The Hall–Kier alpha value is 0.160. The van der Waals surface area contributed by atoms with Gasteiger partial charge in [0.05, 0.1) is 12.4 Å². The summed E-state index contributed by atoms with van der Waals surface area (Å²) in [5, 5.41) is 0. The molecule has 16 heavy (non-hydrogen) atoms. The Kier molecular flexibility index (Phi) is 6.03. The van der Waals surface area contributed by atoms with Gasteiger partial charge >= 0.3 is 0 Å².